The molecule has 0 aliphatic heterocycles. The van der Waals surface area contributed by atoms with Crippen LogP contribution in [0.1, 0.15) is 31.9 Å². The summed E-state index contributed by atoms with van der Waals surface area (Å²) in [6.07, 6.45) is 0. The molecule has 0 saturated heterocycles. The Hall–Kier alpha value is -1.37. The third kappa shape index (κ3) is 4.59. The third-order valence-electron chi connectivity index (χ3n) is 1.71. The van der Waals surface area contributed by atoms with Gasteiger partial charge < -0.3 is 0 Å². The van der Waals surface area contributed by atoms with Crippen LogP contribution in [0, 0.1) is 11.3 Å². The van der Waals surface area contributed by atoms with Crippen LogP contribution in [-0.2, 0) is 11.4 Å². The van der Waals surface area contributed by atoms with Gasteiger partial charge in [0.25, 0.3) is 0 Å². The van der Waals surface area contributed by atoms with Crippen LogP contribution in [0.2, 0.25) is 0 Å². The molecule has 15 heavy (non-hydrogen) atoms. The summed E-state index contributed by atoms with van der Waals surface area (Å²) in [4.78, 5) is 5.37. The van der Waals surface area contributed by atoms with Crippen LogP contribution >= 0.6 is 0 Å². The topological polar surface area (TPSA) is 45.0 Å². The van der Waals surface area contributed by atoms with E-state index in [2.05, 4.69) is 11.5 Å². The summed E-state index contributed by atoms with van der Waals surface area (Å²) in [7, 11) is 0. The zero-order valence-corrected chi connectivity index (χ0v) is 9.37. The van der Waals surface area contributed by atoms with Crippen molar-refractivity contribution < 1.29 is 4.84 Å². The smallest absolute Gasteiger partial charge is 0.0991 e. The van der Waals surface area contributed by atoms with Crippen molar-refractivity contribution in [2.45, 2.75) is 32.9 Å². The Kier molecular flexibility index (Phi) is 3.84. The van der Waals surface area contributed by atoms with E-state index in [0.29, 0.717) is 12.1 Å². The van der Waals surface area contributed by atoms with Crippen molar-refractivity contribution in [3.63, 3.8) is 0 Å². The summed E-state index contributed by atoms with van der Waals surface area (Å²) >= 11 is 0. The summed E-state index contributed by atoms with van der Waals surface area (Å²) in [5.74, 6) is 0. The van der Waals surface area contributed by atoms with Gasteiger partial charge in [-0.3, -0.25) is 4.84 Å². The number of hydrogen-bond donors (Lipinski definition) is 1. The lowest BCUT2D eigenvalue weighted by Gasteiger charge is -2.19. The molecule has 0 heterocycles. The summed E-state index contributed by atoms with van der Waals surface area (Å²) in [5.41, 5.74) is 4.39. The van der Waals surface area contributed by atoms with Crippen molar-refractivity contribution in [2.75, 3.05) is 0 Å². The lowest BCUT2D eigenvalue weighted by Crippen LogP contribution is -2.28. The molecule has 0 aliphatic rings. The Labute approximate surface area is 90.6 Å². The fourth-order valence-corrected chi connectivity index (χ4v) is 1.09. The summed E-state index contributed by atoms with van der Waals surface area (Å²) in [6.45, 7) is 6.54. The van der Waals surface area contributed by atoms with E-state index in [4.69, 9.17) is 10.1 Å². The fourth-order valence-electron chi connectivity index (χ4n) is 1.09. The van der Waals surface area contributed by atoms with Crippen LogP contribution in [0.3, 0.4) is 0 Å². The maximum Gasteiger partial charge on any atom is 0.0991 e. The van der Waals surface area contributed by atoms with E-state index in [0.717, 1.165) is 5.56 Å². The zero-order valence-electron chi connectivity index (χ0n) is 9.37. The lowest BCUT2D eigenvalue weighted by atomic mass is 10.1. The first-order valence-corrected chi connectivity index (χ1v) is 4.91. The Morgan fingerprint density at radius 1 is 1.40 bits per heavy atom. The number of nitrogens with zero attached hydrogens (tertiary/aromatic N) is 1. The van der Waals surface area contributed by atoms with Crippen molar-refractivity contribution >= 4 is 0 Å². The highest BCUT2D eigenvalue weighted by Crippen LogP contribution is 2.06. The van der Waals surface area contributed by atoms with Crippen molar-refractivity contribution in [1.82, 2.24) is 5.48 Å². The third-order valence-corrected chi connectivity index (χ3v) is 1.71. The van der Waals surface area contributed by atoms with Gasteiger partial charge in [0.1, 0.15) is 0 Å². The highest BCUT2D eigenvalue weighted by atomic mass is 16.7. The van der Waals surface area contributed by atoms with Crippen LogP contribution in [0.5, 0.6) is 0 Å². The van der Waals surface area contributed by atoms with Crippen LogP contribution < -0.4 is 5.48 Å². The van der Waals surface area contributed by atoms with Crippen molar-refractivity contribution in [3.05, 3.63) is 35.4 Å². The van der Waals surface area contributed by atoms with E-state index in [1.54, 1.807) is 6.07 Å². The standard InChI is InChI=1S/C12H16N2O/c1-12(2,3)15-14-9-11-6-4-5-10(7-11)8-13/h4-7,14H,9H2,1-3H3. The largest absolute Gasteiger partial charge is 0.296 e. The van der Waals surface area contributed by atoms with Crippen LogP contribution in [0.4, 0.5) is 0 Å². The van der Waals surface area contributed by atoms with E-state index >= 15 is 0 Å². The molecule has 0 saturated carbocycles. The maximum absolute atomic E-state index is 8.72. The van der Waals surface area contributed by atoms with Crippen LogP contribution in [0.15, 0.2) is 24.3 Å². The quantitative estimate of drug-likeness (QED) is 0.769. The second-order valence-corrected chi connectivity index (χ2v) is 4.35. The van der Waals surface area contributed by atoms with Crippen LogP contribution in [-0.4, -0.2) is 5.60 Å². The Morgan fingerprint density at radius 3 is 2.73 bits per heavy atom. The SMILES string of the molecule is CC(C)(C)ONCc1cccc(C#N)c1. The molecule has 1 rings (SSSR count). The van der Waals surface area contributed by atoms with Gasteiger partial charge in [-0.05, 0) is 38.5 Å². The average Bonchev–Trinajstić information content (AvgIpc) is 2.16. The van der Waals surface area contributed by atoms with Gasteiger partial charge in [-0.25, -0.2) is 0 Å². The zero-order chi connectivity index (χ0) is 11.3. The molecule has 0 fully saturated rings. The molecule has 1 aromatic rings. The van der Waals surface area contributed by atoms with Gasteiger partial charge in [0.15, 0.2) is 0 Å². The number of nitriles is 1. The Bertz CT molecular complexity index is 361. The second kappa shape index (κ2) is 4.92. The van der Waals surface area contributed by atoms with Gasteiger partial charge in [-0.1, -0.05) is 12.1 Å². The Morgan fingerprint density at radius 2 is 2.13 bits per heavy atom. The lowest BCUT2D eigenvalue weighted by molar-refractivity contribution is -0.0757. The minimum atomic E-state index is -0.202. The van der Waals surface area contributed by atoms with Gasteiger partial charge in [0, 0.05) is 6.54 Å². The van der Waals surface area contributed by atoms with Gasteiger partial charge >= 0.3 is 0 Å². The van der Waals surface area contributed by atoms with Gasteiger partial charge in [-0.15, -0.1) is 0 Å². The average molecular weight is 204 g/mol. The number of hydrogen-bond acceptors (Lipinski definition) is 3. The molecule has 0 aromatic heterocycles. The summed E-state index contributed by atoms with van der Waals surface area (Å²) in [6, 6.07) is 9.56. The molecular weight excluding hydrogens is 188 g/mol. The fraction of sp³-hybridized carbons (Fsp3) is 0.417. The number of rotatable bonds is 3. The molecule has 0 spiro atoms. The highest BCUT2D eigenvalue weighted by Gasteiger charge is 2.09. The monoisotopic (exact) mass is 204 g/mol. The van der Waals surface area contributed by atoms with Crippen molar-refractivity contribution in [1.29, 1.82) is 5.26 Å². The van der Waals surface area contributed by atoms with E-state index in [9.17, 15) is 0 Å². The number of nitrogens with one attached hydrogen (secondary N) is 1. The molecule has 0 amide bonds. The highest BCUT2D eigenvalue weighted by molar-refractivity contribution is 5.32. The van der Waals surface area contributed by atoms with Crippen molar-refractivity contribution in [3.8, 4) is 6.07 Å². The van der Waals surface area contributed by atoms with Gasteiger partial charge in [-0.2, -0.15) is 10.7 Å². The number of hydroxylamine groups is 1. The van der Waals surface area contributed by atoms with E-state index in [-0.39, 0.29) is 5.60 Å². The first kappa shape index (κ1) is 11.7. The molecule has 3 heteroatoms. The molecule has 0 aliphatic carbocycles. The molecule has 0 unspecified atom stereocenters. The Balaban J connectivity index is 2.48. The van der Waals surface area contributed by atoms with Crippen molar-refractivity contribution in [2.24, 2.45) is 0 Å². The second-order valence-electron chi connectivity index (χ2n) is 4.35. The minimum absolute atomic E-state index is 0.202. The molecule has 3 nitrogen and oxygen atoms in total. The summed E-state index contributed by atoms with van der Waals surface area (Å²) in [5, 5.41) is 8.72. The maximum atomic E-state index is 8.72. The van der Waals surface area contributed by atoms with Gasteiger partial charge in [0.2, 0.25) is 0 Å². The first-order chi connectivity index (χ1) is 7.01. The first-order valence-electron chi connectivity index (χ1n) is 4.91. The minimum Gasteiger partial charge on any atom is -0.296 e. The van der Waals surface area contributed by atoms with E-state index < -0.39 is 0 Å². The molecule has 0 radical (unpaired) electrons. The number of benzene rings is 1. The van der Waals surface area contributed by atoms with E-state index in [1.807, 2.05) is 39.0 Å². The van der Waals surface area contributed by atoms with Gasteiger partial charge in [0.05, 0.1) is 17.2 Å². The summed E-state index contributed by atoms with van der Waals surface area (Å²) < 4.78 is 0. The van der Waals surface area contributed by atoms with E-state index in [1.165, 1.54) is 0 Å². The molecule has 1 N–H and O–H groups in total. The predicted molar refractivity (Wildman–Crippen MR) is 58.8 cm³/mol. The molecule has 0 atom stereocenters. The molecular formula is C12H16N2O. The molecule has 0 bridgehead atoms. The van der Waals surface area contributed by atoms with Crippen LogP contribution in [0.25, 0.3) is 0 Å². The molecule has 1 aromatic carbocycles. The molecule has 80 valence electrons. The predicted octanol–water partition coefficient (Wildman–Crippen LogP) is 2.38. The normalized spacial score (nSPS) is 11.1.